The maximum atomic E-state index is 6.04. The summed E-state index contributed by atoms with van der Waals surface area (Å²) in [6, 6.07) is 16.4. The molecule has 94 valence electrons. The minimum absolute atomic E-state index is 0.751. The van der Waals surface area contributed by atoms with Gasteiger partial charge in [-0.3, -0.25) is 4.98 Å². The summed E-state index contributed by atoms with van der Waals surface area (Å²) >= 11 is 6.04. The Morgan fingerprint density at radius 1 is 0.947 bits per heavy atom. The van der Waals surface area contributed by atoms with Crippen molar-refractivity contribution in [3.05, 3.63) is 64.8 Å². The summed E-state index contributed by atoms with van der Waals surface area (Å²) in [5.74, 6) is 0. The van der Waals surface area contributed by atoms with Crippen LogP contribution in [0.15, 0.2) is 48.5 Å². The fourth-order valence-corrected chi connectivity index (χ4v) is 2.56. The molecule has 0 aliphatic rings. The van der Waals surface area contributed by atoms with Crippen LogP contribution in [0.4, 0.5) is 0 Å². The van der Waals surface area contributed by atoms with Crippen molar-refractivity contribution in [2.75, 3.05) is 0 Å². The molecule has 2 aromatic carbocycles. The maximum Gasteiger partial charge on any atom is 0.0714 e. The molecule has 0 saturated heterocycles. The average Bonchev–Trinajstić information content (AvgIpc) is 2.40. The van der Waals surface area contributed by atoms with Crippen molar-refractivity contribution in [3.63, 3.8) is 0 Å². The van der Waals surface area contributed by atoms with Crippen molar-refractivity contribution in [2.45, 2.75) is 13.8 Å². The van der Waals surface area contributed by atoms with Crippen molar-refractivity contribution < 1.29 is 0 Å². The van der Waals surface area contributed by atoms with Gasteiger partial charge in [0, 0.05) is 21.7 Å². The van der Waals surface area contributed by atoms with Gasteiger partial charge in [-0.1, -0.05) is 41.9 Å². The van der Waals surface area contributed by atoms with Crippen molar-refractivity contribution in [1.82, 2.24) is 4.98 Å². The first-order valence-corrected chi connectivity index (χ1v) is 6.66. The summed E-state index contributed by atoms with van der Waals surface area (Å²) in [5.41, 5.74) is 4.45. The summed E-state index contributed by atoms with van der Waals surface area (Å²) in [4.78, 5) is 4.71. The third-order valence-electron chi connectivity index (χ3n) is 3.41. The normalized spacial score (nSPS) is 10.9. The maximum absolute atomic E-state index is 6.04. The van der Waals surface area contributed by atoms with Crippen LogP contribution in [-0.2, 0) is 0 Å². The number of aryl methyl sites for hydroxylation is 2. The first kappa shape index (κ1) is 12.2. The highest BCUT2D eigenvalue weighted by molar-refractivity contribution is 6.31. The van der Waals surface area contributed by atoms with Crippen LogP contribution in [0.3, 0.4) is 0 Å². The minimum atomic E-state index is 0.751. The van der Waals surface area contributed by atoms with Gasteiger partial charge >= 0.3 is 0 Å². The Morgan fingerprint density at radius 2 is 1.74 bits per heavy atom. The van der Waals surface area contributed by atoms with E-state index < -0.39 is 0 Å². The number of nitrogens with zero attached hydrogens (tertiary/aromatic N) is 1. The molecule has 3 rings (SSSR count). The van der Waals surface area contributed by atoms with Gasteiger partial charge in [0.1, 0.15) is 0 Å². The quantitative estimate of drug-likeness (QED) is 0.593. The minimum Gasteiger partial charge on any atom is -0.252 e. The van der Waals surface area contributed by atoms with E-state index in [1.165, 1.54) is 16.5 Å². The van der Waals surface area contributed by atoms with Gasteiger partial charge in [0.25, 0.3) is 0 Å². The first-order chi connectivity index (χ1) is 9.15. The Balaban J connectivity index is 2.27. The Hall–Kier alpha value is -1.86. The Labute approximate surface area is 117 Å². The molecule has 0 amide bonds. The summed E-state index contributed by atoms with van der Waals surface area (Å²) in [5, 5.41) is 3.04. The molecular weight excluding hydrogens is 254 g/mol. The molecule has 0 bridgehead atoms. The zero-order chi connectivity index (χ0) is 13.4. The second-order valence-electron chi connectivity index (χ2n) is 4.77. The second-order valence-corrected chi connectivity index (χ2v) is 5.21. The topological polar surface area (TPSA) is 12.9 Å². The predicted octanol–water partition coefficient (Wildman–Crippen LogP) is 5.17. The molecule has 2 heteroatoms. The van der Waals surface area contributed by atoms with Gasteiger partial charge in [0.15, 0.2) is 0 Å². The fourth-order valence-electron chi connectivity index (χ4n) is 2.39. The molecule has 0 N–H and O–H groups in total. The zero-order valence-electron chi connectivity index (χ0n) is 10.9. The molecule has 3 aromatic rings. The van der Waals surface area contributed by atoms with E-state index in [0.717, 1.165) is 21.8 Å². The highest BCUT2D eigenvalue weighted by Crippen LogP contribution is 2.28. The van der Waals surface area contributed by atoms with Crippen molar-refractivity contribution in [3.8, 4) is 11.3 Å². The van der Waals surface area contributed by atoms with Crippen LogP contribution in [0.1, 0.15) is 11.3 Å². The van der Waals surface area contributed by atoms with Gasteiger partial charge in [-0.2, -0.15) is 0 Å². The standard InChI is InChI=1S/C17H14ClN/c1-11-5-3-4-6-15(11)17-9-13-7-8-14(18)10-16(13)12(2)19-17/h3-10H,1-2H3. The molecule has 0 fully saturated rings. The van der Waals surface area contributed by atoms with Gasteiger partial charge in [-0.15, -0.1) is 0 Å². The fraction of sp³-hybridized carbons (Fsp3) is 0.118. The zero-order valence-corrected chi connectivity index (χ0v) is 11.7. The Bertz CT molecular complexity index is 762. The second kappa shape index (κ2) is 4.67. The van der Waals surface area contributed by atoms with Crippen LogP contribution in [0.5, 0.6) is 0 Å². The number of benzene rings is 2. The van der Waals surface area contributed by atoms with E-state index in [1.54, 1.807) is 0 Å². The number of hydrogen-bond donors (Lipinski definition) is 0. The SMILES string of the molecule is Cc1ccccc1-c1cc2ccc(Cl)cc2c(C)n1. The lowest BCUT2D eigenvalue weighted by Crippen LogP contribution is -1.91. The van der Waals surface area contributed by atoms with Gasteiger partial charge in [-0.05, 0) is 43.0 Å². The van der Waals surface area contributed by atoms with E-state index in [-0.39, 0.29) is 0 Å². The molecule has 1 heterocycles. The van der Waals surface area contributed by atoms with E-state index in [0.29, 0.717) is 0 Å². The highest BCUT2D eigenvalue weighted by Gasteiger charge is 2.07. The van der Waals surface area contributed by atoms with Gasteiger partial charge in [0.05, 0.1) is 5.69 Å². The van der Waals surface area contributed by atoms with Crippen LogP contribution in [-0.4, -0.2) is 4.98 Å². The summed E-state index contributed by atoms with van der Waals surface area (Å²) in [6.07, 6.45) is 0. The summed E-state index contributed by atoms with van der Waals surface area (Å²) in [7, 11) is 0. The third kappa shape index (κ3) is 2.22. The first-order valence-electron chi connectivity index (χ1n) is 6.28. The summed E-state index contributed by atoms with van der Waals surface area (Å²) < 4.78 is 0. The van der Waals surface area contributed by atoms with E-state index in [9.17, 15) is 0 Å². The predicted molar refractivity (Wildman–Crippen MR) is 81.7 cm³/mol. The van der Waals surface area contributed by atoms with E-state index in [1.807, 2.05) is 37.3 Å². The lowest BCUT2D eigenvalue weighted by Gasteiger charge is -2.09. The largest absolute Gasteiger partial charge is 0.252 e. The molecule has 0 spiro atoms. The molecular formula is C17H14ClN. The molecule has 1 nitrogen and oxygen atoms in total. The molecule has 0 aliphatic heterocycles. The molecule has 0 saturated carbocycles. The number of aromatic nitrogens is 1. The van der Waals surface area contributed by atoms with Crippen molar-refractivity contribution in [1.29, 1.82) is 0 Å². The molecule has 19 heavy (non-hydrogen) atoms. The number of hydrogen-bond acceptors (Lipinski definition) is 1. The number of pyridine rings is 1. The molecule has 0 unspecified atom stereocenters. The monoisotopic (exact) mass is 267 g/mol. The average molecular weight is 268 g/mol. The summed E-state index contributed by atoms with van der Waals surface area (Å²) in [6.45, 7) is 4.14. The van der Waals surface area contributed by atoms with Crippen LogP contribution in [0.2, 0.25) is 5.02 Å². The molecule has 0 atom stereocenters. The molecule has 1 aromatic heterocycles. The van der Waals surface area contributed by atoms with E-state index >= 15 is 0 Å². The smallest absolute Gasteiger partial charge is 0.0714 e. The molecule has 0 radical (unpaired) electrons. The molecule has 0 aliphatic carbocycles. The van der Waals surface area contributed by atoms with Crippen molar-refractivity contribution in [2.24, 2.45) is 0 Å². The van der Waals surface area contributed by atoms with Gasteiger partial charge < -0.3 is 0 Å². The van der Waals surface area contributed by atoms with Gasteiger partial charge in [-0.25, -0.2) is 0 Å². The lowest BCUT2D eigenvalue weighted by molar-refractivity contribution is 1.23. The van der Waals surface area contributed by atoms with Gasteiger partial charge in [0.2, 0.25) is 0 Å². The third-order valence-corrected chi connectivity index (χ3v) is 3.64. The lowest BCUT2D eigenvalue weighted by atomic mass is 10.0. The van der Waals surface area contributed by atoms with Crippen LogP contribution < -0.4 is 0 Å². The number of fused-ring (bicyclic) bond motifs is 1. The van der Waals surface area contributed by atoms with Crippen LogP contribution in [0.25, 0.3) is 22.0 Å². The van der Waals surface area contributed by atoms with E-state index in [4.69, 9.17) is 16.6 Å². The van der Waals surface area contributed by atoms with Crippen LogP contribution in [0, 0.1) is 13.8 Å². The number of halogens is 1. The number of rotatable bonds is 1. The highest BCUT2D eigenvalue weighted by atomic mass is 35.5. The van der Waals surface area contributed by atoms with Crippen LogP contribution >= 0.6 is 11.6 Å². The Kier molecular flexibility index (Phi) is 3.00. The van der Waals surface area contributed by atoms with Crippen molar-refractivity contribution >= 4 is 22.4 Å². The van der Waals surface area contributed by atoms with E-state index in [2.05, 4.69) is 25.1 Å². The Morgan fingerprint density at radius 3 is 2.53 bits per heavy atom.